The molecule has 0 saturated heterocycles. The minimum atomic E-state index is -0.830. The lowest BCUT2D eigenvalue weighted by molar-refractivity contribution is -0.167. The van der Waals surface area contributed by atoms with E-state index >= 15 is 0 Å². The zero-order valence-corrected chi connectivity index (χ0v) is 40.5. The number of hydrogen-bond acceptors (Lipinski definition) is 6. The Morgan fingerprint density at radius 3 is 1.19 bits per heavy atom. The quantitative estimate of drug-likeness (QED) is 0.0199. The number of ether oxygens (including phenoxy) is 3. The molecule has 0 spiro atoms. The van der Waals surface area contributed by atoms with Gasteiger partial charge in [-0.15, -0.1) is 0 Å². The summed E-state index contributed by atoms with van der Waals surface area (Å²) in [5.74, 6) is -1.06. The van der Waals surface area contributed by atoms with Gasteiger partial charge in [-0.25, -0.2) is 0 Å². The van der Waals surface area contributed by atoms with E-state index in [0.717, 1.165) is 51.4 Å². The minimum Gasteiger partial charge on any atom is -0.462 e. The van der Waals surface area contributed by atoms with E-state index < -0.39 is 6.10 Å². The molecular formula is C57H92O6. The molecule has 0 aliphatic carbocycles. The molecule has 356 valence electrons. The first-order valence-corrected chi connectivity index (χ1v) is 25.5. The zero-order valence-electron chi connectivity index (χ0n) is 40.5. The number of unbranched alkanes of at least 4 members (excludes halogenated alkanes) is 19. The molecule has 6 nitrogen and oxygen atoms in total. The Kier molecular flexibility index (Phi) is 47.5. The van der Waals surface area contributed by atoms with Crippen molar-refractivity contribution >= 4 is 17.9 Å². The predicted molar refractivity (Wildman–Crippen MR) is 270 cm³/mol. The Morgan fingerprint density at radius 1 is 0.349 bits per heavy atom. The van der Waals surface area contributed by atoms with Crippen molar-refractivity contribution in [2.75, 3.05) is 13.2 Å². The second kappa shape index (κ2) is 50.7. The van der Waals surface area contributed by atoms with Gasteiger partial charge in [-0.1, -0.05) is 214 Å². The highest BCUT2D eigenvalue weighted by Gasteiger charge is 2.19. The first kappa shape index (κ1) is 59.1. The van der Waals surface area contributed by atoms with Crippen LogP contribution in [0.4, 0.5) is 0 Å². The van der Waals surface area contributed by atoms with E-state index in [4.69, 9.17) is 14.2 Å². The molecule has 0 fully saturated rings. The summed E-state index contributed by atoms with van der Waals surface area (Å²) in [5, 5.41) is 0. The van der Waals surface area contributed by atoms with E-state index in [2.05, 4.69) is 75.5 Å². The van der Waals surface area contributed by atoms with E-state index in [1.807, 2.05) is 54.7 Å². The topological polar surface area (TPSA) is 78.9 Å². The van der Waals surface area contributed by atoms with Crippen molar-refractivity contribution in [3.63, 3.8) is 0 Å². The number of carbonyl (C=O) groups excluding carboxylic acids is 3. The molecule has 0 aromatic carbocycles. The third-order valence-corrected chi connectivity index (χ3v) is 10.4. The van der Waals surface area contributed by atoms with E-state index in [1.165, 1.54) is 109 Å². The van der Waals surface area contributed by atoms with Gasteiger partial charge in [0.2, 0.25) is 0 Å². The molecular weight excluding hydrogens is 781 g/mol. The summed E-state index contributed by atoms with van der Waals surface area (Å²) in [7, 11) is 0. The van der Waals surface area contributed by atoms with Crippen LogP contribution in [-0.4, -0.2) is 37.2 Å². The van der Waals surface area contributed by atoms with Gasteiger partial charge < -0.3 is 14.2 Å². The summed E-state index contributed by atoms with van der Waals surface area (Å²) >= 11 is 0. The van der Waals surface area contributed by atoms with Gasteiger partial charge in [0.05, 0.1) is 0 Å². The summed E-state index contributed by atoms with van der Waals surface area (Å²) in [6, 6.07) is 0. The van der Waals surface area contributed by atoms with Crippen LogP contribution in [0.2, 0.25) is 0 Å². The standard InChI is InChI=1S/C57H92O6/c1-4-7-10-13-16-19-22-25-27-28-30-32-35-38-41-44-47-50-56(59)62-53-54(52-61-55(58)49-46-43-40-37-34-31-24-21-18-15-12-9-6-3)63-57(60)51-48-45-42-39-36-33-29-26-23-20-17-14-11-8-5-2/h9,12,15,18,20-21,23-25,27,30-32,34,37-38,40-41,54H,4-8,10-11,13-14,16-17,19,22,26,28-29,33,35-36,39,42-53H2,1-3H3/b12-9-,18-15-,23-20-,24-21-,27-25-,32-30-,34-31-,40-37-,41-38-. The van der Waals surface area contributed by atoms with Crippen LogP contribution in [0.15, 0.2) is 109 Å². The van der Waals surface area contributed by atoms with Crippen LogP contribution in [0.1, 0.15) is 213 Å². The van der Waals surface area contributed by atoms with E-state index in [0.29, 0.717) is 19.3 Å². The molecule has 0 aromatic rings. The smallest absolute Gasteiger partial charge is 0.306 e. The van der Waals surface area contributed by atoms with Crippen LogP contribution in [-0.2, 0) is 28.6 Å². The Labute approximate surface area is 387 Å². The van der Waals surface area contributed by atoms with Gasteiger partial charge in [0.25, 0.3) is 0 Å². The molecule has 0 radical (unpaired) electrons. The molecule has 0 saturated carbocycles. The molecule has 0 bridgehead atoms. The van der Waals surface area contributed by atoms with E-state index in [9.17, 15) is 14.4 Å². The van der Waals surface area contributed by atoms with Crippen molar-refractivity contribution in [3.05, 3.63) is 109 Å². The lowest BCUT2D eigenvalue weighted by atomic mass is 10.1. The Morgan fingerprint density at radius 2 is 0.698 bits per heavy atom. The van der Waals surface area contributed by atoms with Gasteiger partial charge in [-0.2, -0.15) is 0 Å². The van der Waals surface area contributed by atoms with Gasteiger partial charge in [-0.3, -0.25) is 14.4 Å². The maximum absolute atomic E-state index is 12.8. The van der Waals surface area contributed by atoms with Crippen LogP contribution >= 0.6 is 0 Å². The monoisotopic (exact) mass is 873 g/mol. The zero-order chi connectivity index (χ0) is 45.8. The Hall–Kier alpha value is -3.93. The second-order valence-electron chi connectivity index (χ2n) is 16.5. The fourth-order valence-electron chi connectivity index (χ4n) is 6.54. The average Bonchev–Trinajstić information content (AvgIpc) is 3.28. The summed E-state index contributed by atoms with van der Waals surface area (Å²) in [6.45, 7) is 6.35. The first-order chi connectivity index (χ1) is 31.0. The Bertz CT molecular complexity index is 1330. The SMILES string of the molecule is CC\C=C/C=C\C=C/C=C\C=C/CCCC(=O)OCC(COC(=O)CCC/C=C\C/C=C\C/C=C\CCCCCCCC)OC(=O)CCCCCCCCC/C=C\CCCCCC. The number of hydrogen-bond donors (Lipinski definition) is 0. The average molecular weight is 873 g/mol. The van der Waals surface area contributed by atoms with Gasteiger partial charge in [0.15, 0.2) is 6.10 Å². The molecule has 0 heterocycles. The van der Waals surface area contributed by atoms with Crippen LogP contribution in [0, 0.1) is 0 Å². The maximum atomic E-state index is 12.8. The van der Waals surface area contributed by atoms with E-state index in [1.54, 1.807) is 0 Å². The fourth-order valence-corrected chi connectivity index (χ4v) is 6.54. The van der Waals surface area contributed by atoms with Crippen LogP contribution in [0.25, 0.3) is 0 Å². The highest BCUT2D eigenvalue weighted by atomic mass is 16.6. The van der Waals surface area contributed by atoms with Gasteiger partial charge in [-0.05, 0) is 89.9 Å². The number of carbonyl (C=O) groups is 3. The van der Waals surface area contributed by atoms with Crippen molar-refractivity contribution in [2.45, 2.75) is 219 Å². The first-order valence-electron chi connectivity index (χ1n) is 25.5. The predicted octanol–water partition coefficient (Wildman–Crippen LogP) is 16.8. The molecule has 63 heavy (non-hydrogen) atoms. The van der Waals surface area contributed by atoms with Crippen molar-refractivity contribution in [2.24, 2.45) is 0 Å². The lowest BCUT2D eigenvalue weighted by Crippen LogP contribution is -2.30. The molecule has 0 amide bonds. The molecule has 0 aliphatic heterocycles. The summed E-state index contributed by atoms with van der Waals surface area (Å²) in [6.07, 6.45) is 68.0. The molecule has 0 aliphatic rings. The minimum absolute atomic E-state index is 0.130. The molecule has 0 rings (SSSR count). The normalized spacial score (nSPS) is 13.0. The third-order valence-electron chi connectivity index (χ3n) is 10.4. The number of rotatable bonds is 44. The third kappa shape index (κ3) is 49.0. The highest BCUT2D eigenvalue weighted by Crippen LogP contribution is 2.13. The molecule has 1 unspecified atom stereocenters. The van der Waals surface area contributed by atoms with Gasteiger partial charge >= 0.3 is 17.9 Å². The van der Waals surface area contributed by atoms with Gasteiger partial charge in [0, 0.05) is 19.3 Å². The maximum Gasteiger partial charge on any atom is 0.306 e. The van der Waals surface area contributed by atoms with Crippen molar-refractivity contribution < 1.29 is 28.6 Å². The number of allylic oxidation sites excluding steroid dienone is 18. The fraction of sp³-hybridized carbons (Fsp3) is 0.632. The molecule has 6 heteroatoms. The largest absolute Gasteiger partial charge is 0.462 e. The van der Waals surface area contributed by atoms with E-state index in [-0.39, 0.29) is 44.0 Å². The van der Waals surface area contributed by atoms with Crippen LogP contribution < -0.4 is 0 Å². The lowest BCUT2D eigenvalue weighted by Gasteiger charge is -2.18. The summed E-state index contributed by atoms with van der Waals surface area (Å²) in [5.41, 5.74) is 0. The van der Waals surface area contributed by atoms with Crippen molar-refractivity contribution in [1.82, 2.24) is 0 Å². The van der Waals surface area contributed by atoms with Crippen LogP contribution in [0.5, 0.6) is 0 Å². The molecule has 0 aromatic heterocycles. The van der Waals surface area contributed by atoms with Crippen molar-refractivity contribution in [3.8, 4) is 0 Å². The van der Waals surface area contributed by atoms with Crippen LogP contribution in [0.3, 0.4) is 0 Å². The number of esters is 3. The summed E-state index contributed by atoms with van der Waals surface area (Å²) < 4.78 is 16.7. The Balaban J connectivity index is 4.57. The molecule has 0 N–H and O–H groups in total. The summed E-state index contributed by atoms with van der Waals surface area (Å²) in [4.78, 5) is 37.9. The van der Waals surface area contributed by atoms with Gasteiger partial charge in [0.1, 0.15) is 13.2 Å². The highest BCUT2D eigenvalue weighted by molar-refractivity contribution is 5.71. The molecule has 1 atom stereocenters. The van der Waals surface area contributed by atoms with Crippen molar-refractivity contribution in [1.29, 1.82) is 0 Å². The second-order valence-corrected chi connectivity index (χ2v) is 16.5.